The molecule has 2 rings (SSSR count). The second kappa shape index (κ2) is 5.76. The Morgan fingerprint density at radius 2 is 2.00 bits per heavy atom. The summed E-state index contributed by atoms with van der Waals surface area (Å²) in [5, 5.41) is 3.16. The summed E-state index contributed by atoms with van der Waals surface area (Å²) in [6, 6.07) is 12.7. The standard InChI is InChI=1S/C15H15ClN2O/c1-2-10-5-3-6-11(9-10)18-15(19)14-12(16)7-4-8-13(14)17/h3-9H,2,17H2,1H3,(H,18,19). The number of amides is 1. The predicted octanol–water partition coefficient (Wildman–Crippen LogP) is 3.74. The molecule has 0 radical (unpaired) electrons. The number of hydrogen-bond acceptors (Lipinski definition) is 2. The monoisotopic (exact) mass is 274 g/mol. The number of nitrogen functional groups attached to an aromatic ring is 1. The first kappa shape index (κ1) is 13.4. The minimum atomic E-state index is -0.295. The molecule has 0 spiro atoms. The average molecular weight is 275 g/mol. The molecule has 0 aliphatic carbocycles. The molecule has 0 aromatic heterocycles. The molecule has 1 amide bonds. The molecule has 0 bridgehead atoms. The number of halogens is 1. The lowest BCUT2D eigenvalue weighted by Crippen LogP contribution is -2.14. The Kier molecular flexibility index (Phi) is 4.07. The highest BCUT2D eigenvalue weighted by molar-refractivity contribution is 6.35. The van der Waals surface area contributed by atoms with Crippen LogP contribution in [0.2, 0.25) is 5.02 Å². The number of rotatable bonds is 3. The highest BCUT2D eigenvalue weighted by Crippen LogP contribution is 2.23. The Morgan fingerprint density at radius 1 is 1.26 bits per heavy atom. The van der Waals surface area contributed by atoms with E-state index in [0.717, 1.165) is 17.7 Å². The molecule has 0 aliphatic heterocycles. The fourth-order valence-electron chi connectivity index (χ4n) is 1.84. The number of nitrogens with two attached hydrogens (primary N) is 1. The van der Waals surface area contributed by atoms with Gasteiger partial charge in [-0.3, -0.25) is 4.79 Å². The third-order valence-corrected chi connectivity index (χ3v) is 3.18. The van der Waals surface area contributed by atoms with Crippen LogP contribution in [0.1, 0.15) is 22.8 Å². The summed E-state index contributed by atoms with van der Waals surface area (Å²) in [6.45, 7) is 2.06. The number of anilines is 2. The van der Waals surface area contributed by atoms with Gasteiger partial charge in [0.25, 0.3) is 5.91 Å². The smallest absolute Gasteiger partial charge is 0.259 e. The van der Waals surface area contributed by atoms with E-state index in [4.69, 9.17) is 17.3 Å². The van der Waals surface area contributed by atoms with E-state index in [-0.39, 0.29) is 5.91 Å². The Labute approximate surface area is 117 Å². The van der Waals surface area contributed by atoms with Gasteiger partial charge in [-0.05, 0) is 36.2 Å². The van der Waals surface area contributed by atoms with E-state index in [1.54, 1.807) is 18.2 Å². The molecule has 3 nitrogen and oxygen atoms in total. The lowest BCUT2D eigenvalue weighted by molar-refractivity contribution is 0.102. The van der Waals surface area contributed by atoms with Gasteiger partial charge < -0.3 is 11.1 Å². The molecule has 4 heteroatoms. The summed E-state index contributed by atoms with van der Waals surface area (Å²) < 4.78 is 0. The molecule has 19 heavy (non-hydrogen) atoms. The van der Waals surface area contributed by atoms with Crippen molar-refractivity contribution in [3.8, 4) is 0 Å². The summed E-state index contributed by atoms with van der Waals surface area (Å²) in [4.78, 5) is 12.2. The van der Waals surface area contributed by atoms with Crippen molar-refractivity contribution in [2.75, 3.05) is 11.1 Å². The van der Waals surface area contributed by atoms with Crippen LogP contribution in [0, 0.1) is 0 Å². The first-order valence-corrected chi connectivity index (χ1v) is 6.44. The van der Waals surface area contributed by atoms with Crippen molar-refractivity contribution in [1.29, 1.82) is 0 Å². The van der Waals surface area contributed by atoms with Gasteiger partial charge in [0.2, 0.25) is 0 Å². The maximum atomic E-state index is 12.2. The van der Waals surface area contributed by atoms with E-state index in [1.807, 2.05) is 24.3 Å². The zero-order valence-electron chi connectivity index (χ0n) is 10.6. The molecule has 0 saturated carbocycles. The second-order valence-electron chi connectivity index (χ2n) is 4.21. The number of hydrogen-bond donors (Lipinski definition) is 2. The number of nitrogens with one attached hydrogen (secondary N) is 1. The molecular weight excluding hydrogens is 260 g/mol. The first-order valence-electron chi connectivity index (χ1n) is 6.06. The van der Waals surface area contributed by atoms with Gasteiger partial charge in [-0.15, -0.1) is 0 Å². The zero-order chi connectivity index (χ0) is 13.8. The summed E-state index contributed by atoms with van der Waals surface area (Å²) >= 11 is 6.01. The van der Waals surface area contributed by atoms with Crippen LogP contribution in [0.4, 0.5) is 11.4 Å². The summed E-state index contributed by atoms with van der Waals surface area (Å²) in [5.74, 6) is -0.295. The fourth-order valence-corrected chi connectivity index (χ4v) is 2.11. The van der Waals surface area contributed by atoms with E-state index in [0.29, 0.717) is 16.3 Å². The van der Waals surface area contributed by atoms with E-state index < -0.39 is 0 Å². The summed E-state index contributed by atoms with van der Waals surface area (Å²) in [5.41, 5.74) is 8.37. The van der Waals surface area contributed by atoms with E-state index in [2.05, 4.69) is 12.2 Å². The number of benzene rings is 2. The molecule has 0 atom stereocenters. The van der Waals surface area contributed by atoms with Crippen molar-refractivity contribution in [3.05, 3.63) is 58.6 Å². The third-order valence-electron chi connectivity index (χ3n) is 2.87. The van der Waals surface area contributed by atoms with Crippen LogP contribution < -0.4 is 11.1 Å². The van der Waals surface area contributed by atoms with Gasteiger partial charge in [0.15, 0.2) is 0 Å². The Balaban J connectivity index is 2.26. The quantitative estimate of drug-likeness (QED) is 0.838. The molecule has 0 unspecified atom stereocenters. The van der Waals surface area contributed by atoms with E-state index >= 15 is 0 Å². The zero-order valence-corrected chi connectivity index (χ0v) is 11.4. The lowest BCUT2D eigenvalue weighted by atomic mass is 10.1. The maximum absolute atomic E-state index is 12.2. The van der Waals surface area contributed by atoms with Crippen LogP contribution >= 0.6 is 11.6 Å². The first-order chi connectivity index (χ1) is 9.11. The number of carbonyl (C=O) groups excluding carboxylic acids is 1. The van der Waals surface area contributed by atoms with Crippen molar-refractivity contribution in [2.45, 2.75) is 13.3 Å². The molecule has 0 saturated heterocycles. The van der Waals surface area contributed by atoms with Gasteiger partial charge in [-0.1, -0.05) is 36.7 Å². The molecule has 0 fully saturated rings. The Morgan fingerprint density at radius 3 is 2.68 bits per heavy atom. The van der Waals surface area contributed by atoms with Crippen molar-refractivity contribution >= 4 is 28.9 Å². The van der Waals surface area contributed by atoms with Crippen molar-refractivity contribution in [3.63, 3.8) is 0 Å². The van der Waals surface area contributed by atoms with Crippen LogP contribution in [0.5, 0.6) is 0 Å². The van der Waals surface area contributed by atoms with Gasteiger partial charge >= 0.3 is 0 Å². The third kappa shape index (κ3) is 3.06. The lowest BCUT2D eigenvalue weighted by Gasteiger charge is -2.10. The summed E-state index contributed by atoms with van der Waals surface area (Å²) in [6.07, 6.45) is 0.915. The second-order valence-corrected chi connectivity index (χ2v) is 4.62. The van der Waals surface area contributed by atoms with Gasteiger partial charge in [-0.25, -0.2) is 0 Å². The Hall–Kier alpha value is -2.00. The van der Waals surface area contributed by atoms with E-state index in [1.165, 1.54) is 0 Å². The predicted molar refractivity (Wildman–Crippen MR) is 79.6 cm³/mol. The number of aryl methyl sites for hydroxylation is 1. The Bertz CT molecular complexity index is 591. The molecule has 2 aromatic rings. The molecule has 0 aliphatic rings. The van der Waals surface area contributed by atoms with E-state index in [9.17, 15) is 4.79 Å². The van der Waals surface area contributed by atoms with Crippen LogP contribution in [-0.4, -0.2) is 5.91 Å². The van der Waals surface area contributed by atoms with Crippen LogP contribution in [0.15, 0.2) is 42.5 Å². The topological polar surface area (TPSA) is 55.1 Å². The van der Waals surface area contributed by atoms with Gasteiger partial charge in [0.1, 0.15) is 0 Å². The molecule has 0 heterocycles. The normalized spacial score (nSPS) is 10.2. The minimum absolute atomic E-state index is 0.295. The van der Waals surface area contributed by atoms with Crippen LogP contribution in [0.3, 0.4) is 0 Å². The minimum Gasteiger partial charge on any atom is -0.398 e. The fraction of sp³-hybridized carbons (Fsp3) is 0.133. The van der Waals surface area contributed by atoms with Gasteiger partial charge in [0.05, 0.1) is 10.6 Å². The van der Waals surface area contributed by atoms with Gasteiger partial charge in [-0.2, -0.15) is 0 Å². The molecule has 98 valence electrons. The van der Waals surface area contributed by atoms with Gasteiger partial charge in [0, 0.05) is 11.4 Å². The van der Waals surface area contributed by atoms with Crippen molar-refractivity contribution in [2.24, 2.45) is 0 Å². The van der Waals surface area contributed by atoms with Crippen LogP contribution in [-0.2, 0) is 6.42 Å². The SMILES string of the molecule is CCc1cccc(NC(=O)c2c(N)cccc2Cl)c1. The average Bonchev–Trinajstić information content (AvgIpc) is 2.38. The largest absolute Gasteiger partial charge is 0.398 e. The number of carbonyl (C=O) groups is 1. The molecular formula is C15H15ClN2O. The highest BCUT2D eigenvalue weighted by Gasteiger charge is 2.13. The van der Waals surface area contributed by atoms with Crippen molar-refractivity contribution < 1.29 is 4.79 Å². The maximum Gasteiger partial charge on any atom is 0.259 e. The van der Waals surface area contributed by atoms with Crippen molar-refractivity contribution in [1.82, 2.24) is 0 Å². The highest BCUT2D eigenvalue weighted by atomic mass is 35.5. The molecule has 3 N–H and O–H groups in total. The summed E-state index contributed by atoms with van der Waals surface area (Å²) in [7, 11) is 0. The van der Waals surface area contributed by atoms with Crippen LogP contribution in [0.25, 0.3) is 0 Å². The molecule has 2 aromatic carbocycles.